The van der Waals surface area contributed by atoms with Gasteiger partial charge in [0.15, 0.2) is 5.78 Å². The number of aromatic hydroxyl groups is 1. The molecular weight excluding hydrogens is 418 g/mol. The highest BCUT2D eigenvalue weighted by Gasteiger charge is 2.18. The number of phenols is 1. The van der Waals surface area contributed by atoms with Gasteiger partial charge in [-0.1, -0.05) is 18.2 Å². The molecule has 0 saturated carbocycles. The van der Waals surface area contributed by atoms with Crippen LogP contribution in [0, 0.1) is 0 Å². The molecule has 0 saturated heterocycles. The van der Waals surface area contributed by atoms with Gasteiger partial charge in [-0.3, -0.25) is 14.4 Å². The third kappa shape index (κ3) is 4.25. The predicted molar refractivity (Wildman–Crippen MR) is 127 cm³/mol. The smallest absolute Gasteiger partial charge is 0.256 e. The number of ketones is 1. The van der Waals surface area contributed by atoms with E-state index in [1.54, 1.807) is 35.0 Å². The number of aromatic nitrogens is 2. The van der Waals surface area contributed by atoms with Crippen LogP contribution in [0.5, 0.6) is 5.75 Å². The van der Waals surface area contributed by atoms with E-state index in [0.29, 0.717) is 16.7 Å². The summed E-state index contributed by atoms with van der Waals surface area (Å²) in [4.78, 5) is 42.0. The summed E-state index contributed by atoms with van der Waals surface area (Å²) in [7, 11) is 0. The van der Waals surface area contributed by atoms with E-state index in [0.717, 1.165) is 11.1 Å². The Morgan fingerprint density at radius 3 is 2.48 bits per heavy atom. The molecule has 4 aromatic rings. The van der Waals surface area contributed by atoms with Crippen molar-refractivity contribution in [2.75, 3.05) is 0 Å². The van der Waals surface area contributed by atoms with Gasteiger partial charge in [0.25, 0.3) is 5.91 Å². The molecule has 0 spiro atoms. The first kappa shape index (κ1) is 22.0. The Morgan fingerprint density at radius 1 is 1.00 bits per heavy atom. The number of nitrogens with one attached hydrogen (secondary N) is 1. The molecule has 0 aliphatic heterocycles. The standard InChI is InChI=1S/C26H23N3O4/c1-15(2)28-26(33)22-14-29(25-20(24(22)32)8-5-11-27-25)19-7-4-6-17(12-19)18-9-10-23(31)21(13-18)16(3)30/h4-15,31H,1-3H3,(H,28,33). The molecule has 0 bridgehead atoms. The largest absolute Gasteiger partial charge is 0.507 e. The minimum Gasteiger partial charge on any atom is -0.507 e. The topological polar surface area (TPSA) is 101 Å². The van der Waals surface area contributed by atoms with Crippen molar-refractivity contribution in [1.82, 2.24) is 14.9 Å². The Hall–Kier alpha value is -4.26. The second kappa shape index (κ2) is 8.70. The maximum absolute atomic E-state index is 13.0. The Labute approximate surface area is 190 Å². The van der Waals surface area contributed by atoms with E-state index in [4.69, 9.17) is 0 Å². The van der Waals surface area contributed by atoms with E-state index in [1.165, 1.54) is 19.2 Å². The Kier molecular flexibility index (Phi) is 5.79. The summed E-state index contributed by atoms with van der Waals surface area (Å²) in [6.45, 7) is 5.06. The first-order valence-corrected chi connectivity index (χ1v) is 10.5. The van der Waals surface area contributed by atoms with Gasteiger partial charge in [-0.15, -0.1) is 0 Å². The Bertz CT molecular complexity index is 1450. The van der Waals surface area contributed by atoms with Gasteiger partial charge in [0.05, 0.1) is 10.9 Å². The first-order chi connectivity index (χ1) is 15.8. The van der Waals surface area contributed by atoms with Crippen LogP contribution in [-0.2, 0) is 0 Å². The quantitative estimate of drug-likeness (QED) is 0.454. The molecule has 166 valence electrons. The fourth-order valence-corrected chi connectivity index (χ4v) is 3.69. The third-order valence-electron chi connectivity index (χ3n) is 5.26. The Balaban J connectivity index is 1.91. The van der Waals surface area contributed by atoms with Crippen LogP contribution in [0.15, 0.2) is 71.8 Å². The first-order valence-electron chi connectivity index (χ1n) is 10.5. The van der Waals surface area contributed by atoms with Gasteiger partial charge in [-0.25, -0.2) is 4.98 Å². The van der Waals surface area contributed by atoms with Gasteiger partial charge in [0, 0.05) is 24.1 Å². The number of pyridine rings is 2. The highest BCUT2D eigenvalue weighted by Crippen LogP contribution is 2.28. The lowest BCUT2D eigenvalue weighted by atomic mass is 10.0. The maximum Gasteiger partial charge on any atom is 0.256 e. The number of Topliss-reactive ketones (excluding diaryl/α,β-unsaturated/α-hetero) is 1. The molecule has 2 aromatic heterocycles. The summed E-state index contributed by atoms with van der Waals surface area (Å²) in [5.74, 6) is -0.754. The van der Waals surface area contributed by atoms with Crippen LogP contribution in [0.1, 0.15) is 41.5 Å². The van der Waals surface area contributed by atoms with Crippen molar-refractivity contribution in [2.45, 2.75) is 26.8 Å². The fourth-order valence-electron chi connectivity index (χ4n) is 3.69. The van der Waals surface area contributed by atoms with Crippen molar-refractivity contribution < 1.29 is 14.7 Å². The average Bonchev–Trinajstić information content (AvgIpc) is 2.79. The second-order valence-electron chi connectivity index (χ2n) is 8.08. The molecule has 0 aliphatic carbocycles. The molecule has 0 unspecified atom stereocenters. The lowest BCUT2D eigenvalue weighted by Gasteiger charge is -2.15. The summed E-state index contributed by atoms with van der Waals surface area (Å²) in [5.41, 5.74) is 2.54. The molecule has 0 fully saturated rings. The summed E-state index contributed by atoms with van der Waals surface area (Å²) in [6.07, 6.45) is 3.10. The van der Waals surface area contributed by atoms with E-state index >= 15 is 0 Å². The van der Waals surface area contributed by atoms with Gasteiger partial charge in [-0.05, 0) is 68.3 Å². The van der Waals surface area contributed by atoms with Gasteiger partial charge in [0.1, 0.15) is 17.0 Å². The van der Waals surface area contributed by atoms with Gasteiger partial charge >= 0.3 is 0 Å². The zero-order chi connectivity index (χ0) is 23.7. The van der Waals surface area contributed by atoms with Gasteiger partial charge in [0.2, 0.25) is 5.43 Å². The number of amides is 1. The number of rotatable bonds is 5. The lowest BCUT2D eigenvalue weighted by Crippen LogP contribution is -2.34. The van der Waals surface area contributed by atoms with Crippen LogP contribution in [0.4, 0.5) is 0 Å². The SMILES string of the molecule is CC(=O)c1cc(-c2cccc(-n3cc(C(=O)NC(C)C)c(=O)c4cccnc43)c2)ccc1O. The van der Waals surface area contributed by atoms with Crippen LogP contribution >= 0.6 is 0 Å². The molecule has 0 aliphatic rings. The normalized spacial score (nSPS) is 11.0. The molecule has 2 aromatic carbocycles. The van der Waals surface area contributed by atoms with Crippen molar-refractivity contribution in [2.24, 2.45) is 0 Å². The number of carbonyl (C=O) groups excluding carboxylic acids is 2. The van der Waals surface area contributed by atoms with Crippen LogP contribution in [0.3, 0.4) is 0 Å². The molecule has 2 heterocycles. The molecule has 4 rings (SSSR count). The molecule has 7 heteroatoms. The van der Waals surface area contributed by atoms with E-state index in [1.807, 2.05) is 38.1 Å². The minimum atomic E-state index is -0.449. The Morgan fingerprint density at radius 2 is 1.76 bits per heavy atom. The molecule has 1 amide bonds. The van der Waals surface area contributed by atoms with Crippen molar-refractivity contribution >= 4 is 22.7 Å². The van der Waals surface area contributed by atoms with Gasteiger partial charge in [-0.2, -0.15) is 0 Å². The highest BCUT2D eigenvalue weighted by atomic mass is 16.3. The van der Waals surface area contributed by atoms with Crippen molar-refractivity contribution in [3.8, 4) is 22.6 Å². The van der Waals surface area contributed by atoms with Crippen molar-refractivity contribution in [1.29, 1.82) is 0 Å². The minimum absolute atomic E-state index is 0.0260. The number of hydrogen-bond donors (Lipinski definition) is 2. The third-order valence-corrected chi connectivity index (χ3v) is 5.26. The van der Waals surface area contributed by atoms with Gasteiger partial charge < -0.3 is 15.0 Å². The number of carbonyl (C=O) groups is 2. The van der Waals surface area contributed by atoms with E-state index in [9.17, 15) is 19.5 Å². The lowest BCUT2D eigenvalue weighted by molar-refractivity contribution is 0.0940. The predicted octanol–water partition coefficient (Wildman–Crippen LogP) is 4.10. The fraction of sp³-hybridized carbons (Fsp3) is 0.154. The van der Waals surface area contributed by atoms with Crippen molar-refractivity contribution in [3.05, 3.63) is 88.3 Å². The number of nitrogens with zero attached hydrogens (tertiary/aromatic N) is 2. The number of hydrogen-bond acceptors (Lipinski definition) is 5. The van der Waals surface area contributed by atoms with Crippen LogP contribution < -0.4 is 10.7 Å². The molecular formula is C26H23N3O4. The van der Waals surface area contributed by atoms with E-state index < -0.39 is 5.91 Å². The molecule has 2 N–H and O–H groups in total. The van der Waals surface area contributed by atoms with E-state index in [-0.39, 0.29) is 34.1 Å². The monoisotopic (exact) mass is 441 g/mol. The molecule has 0 atom stereocenters. The maximum atomic E-state index is 13.0. The second-order valence-corrected chi connectivity index (χ2v) is 8.08. The summed E-state index contributed by atoms with van der Waals surface area (Å²) in [5, 5.41) is 13.1. The summed E-state index contributed by atoms with van der Waals surface area (Å²) < 4.78 is 1.71. The number of benzene rings is 2. The number of phenolic OH excluding ortho intramolecular Hbond substituents is 1. The van der Waals surface area contributed by atoms with Crippen molar-refractivity contribution in [3.63, 3.8) is 0 Å². The summed E-state index contributed by atoms with van der Waals surface area (Å²) in [6, 6.07) is 15.5. The van der Waals surface area contributed by atoms with Crippen LogP contribution in [0.25, 0.3) is 27.8 Å². The summed E-state index contributed by atoms with van der Waals surface area (Å²) >= 11 is 0. The van der Waals surface area contributed by atoms with Crippen LogP contribution in [0.2, 0.25) is 0 Å². The number of fused-ring (bicyclic) bond motifs is 1. The average molecular weight is 441 g/mol. The zero-order valence-corrected chi connectivity index (χ0v) is 18.5. The molecule has 7 nitrogen and oxygen atoms in total. The van der Waals surface area contributed by atoms with E-state index in [2.05, 4.69) is 10.3 Å². The zero-order valence-electron chi connectivity index (χ0n) is 18.5. The van der Waals surface area contributed by atoms with Crippen LogP contribution in [-0.4, -0.2) is 32.4 Å². The molecule has 33 heavy (non-hydrogen) atoms. The molecule has 0 radical (unpaired) electrons. The highest BCUT2D eigenvalue weighted by molar-refractivity contribution is 5.98.